The zero-order valence-corrected chi connectivity index (χ0v) is 11.6. The van der Waals surface area contributed by atoms with Crippen molar-refractivity contribution < 1.29 is 18.3 Å². The molecular weight excluding hydrogens is 278 g/mol. The Kier molecular flexibility index (Phi) is 4.47. The van der Waals surface area contributed by atoms with Gasteiger partial charge in [-0.05, 0) is 25.1 Å². The molecule has 1 aromatic carbocycles. The molecule has 0 bridgehead atoms. The van der Waals surface area contributed by atoms with Crippen molar-refractivity contribution in [2.45, 2.75) is 13.5 Å². The molecule has 21 heavy (non-hydrogen) atoms. The van der Waals surface area contributed by atoms with E-state index in [9.17, 15) is 13.6 Å². The number of ketones is 1. The molecule has 0 aliphatic rings. The van der Waals surface area contributed by atoms with Gasteiger partial charge in [-0.3, -0.25) is 9.48 Å². The topological polar surface area (TPSA) is 44.1 Å². The van der Waals surface area contributed by atoms with Crippen LogP contribution in [0.1, 0.15) is 21.6 Å². The number of benzene rings is 1. The Balaban J connectivity index is 2.21. The van der Waals surface area contributed by atoms with Crippen molar-refractivity contribution >= 4 is 11.9 Å². The van der Waals surface area contributed by atoms with Crippen LogP contribution >= 0.6 is 0 Å². The average Bonchev–Trinajstić information content (AvgIpc) is 2.76. The summed E-state index contributed by atoms with van der Waals surface area (Å²) >= 11 is 0. The summed E-state index contributed by atoms with van der Waals surface area (Å²) in [6, 6.07) is 6.28. The minimum absolute atomic E-state index is 0.0273. The van der Waals surface area contributed by atoms with Crippen molar-refractivity contribution in [3.05, 3.63) is 53.4 Å². The maximum atomic E-state index is 12.3. The summed E-state index contributed by atoms with van der Waals surface area (Å²) in [5, 5.41) is 4.08. The molecule has 1 aromatic heterocycles. The highest BCUT2D eigenvalue weighted by molar-refractivity contribution is 6.07. The van der Waals surface area contributed by atoms with Gasteiger partial charge in [0.2, 0.25) is 0 Å². The number of para-hydroxylation sites is 1. The summed E-state index contributed by atoms with van der Waals surface area (Å²) in [5.41, 5.74) is 1.50. The zero-order chi connectivity index (χ0) is 15.4. The van der Waals surface area contributed by atoms with Crippen LogP contribution in [-0.2, 0) is 7.05 Å². The van der Waals surface area contributed by atoms with Crippen LogP contribution in [0.4, 0.5) is 8.78 Å². The number of rotatable bonds is 5. The van der Waals surface area contributed by atoms with E-state index >= 15 is 0 Å². The molecule has 4 nitrogen and oxygen atoms in total. The fraction of sp³-hybridized carbons (Fsp3) is 0.200. The van der Waals surface area contributed by atoms with Gasteiger partial charge in [-0.2, -0.15) is 13.9 Å². The molecule has 0 aliphatic carbocycles. The third kappa shape index (κ3) is 3.75. The second kappa shape index (κ2) is 6.30. The second-order valence-electron chi connectivity index (χ2n) is 4.42. The molecule has 2 rings (SSSR count). The lowest BCUT2D eigenvalue weighted by Crippen LogP contribution is -2.03. The van der Waals surface area contributed by atoms with E-state index in [1.54, 1.807) is 43.0 Å². The molecule has 0 amide bonds. The molecular formula is C15H14F2N2O2. The number of ether oxygens (including phenoxy) is 1. The van der Waals surface area contributed by atoms with Gasteiger partial charge in [-0.15, -0.1) is 0 Å². The van der Waals surface area contributed by atoms with E-state index in [1.165, 1.54) is 18.2 Å². The van der Waals surface area contributed by atoms with Gasteiger partial charge >= 0.3 is 6.61 Å². The summed E-state index contributed by atoms with van der Waals surface area (Å²) in [4.78, 5) is 12.1. The standard InChI is InChI=1S/C15H14F2N2O2/c1-10-12(9-19(2)18-10)13(20)8-7-11-5-3-4-6-14(11)21-15(16)17/h3-9,15H,1-2H3. The molecule has 0 aliphatic heterocycles. The molecule has 2 aromatic rings. The molecule has 0 unspecified atom stereocenters. The largest absolute Gasteiger partial charge is 0.434 e. The molecule has 0 N–H and O–H groups in total. The van der Waals surface area contributed by atoms with Gasteiger partial charge in [0.25, 0.3) is 0 Å². The Bertz CT molecular complexity index is 678. The Hall–Kier alpha value is -2.50. The fourth-order valence-corrected chi connectivity index (χ4v) is 1.92. The first-order chi connectivity index (χ1) is 9.97. The van der Waals surface area contributed by atoms with Crippen LogP contribution in [0.2, 0.25) is 0 Å². The van der Waals surface area contributed by atoms with Crippen LogP contribution in [0, 0.1) is 6.92 Å². The number of carbonyl (C=O) groups excluding carboxylic acids is 1. The van der Waals surface area contributed by atoms with Gasteiger partial charge in [-0.1, -0.05) is 18.2 Å². The van der Waals surface area contributed by atoms with Gasteiger partial charge in [-0.25, -0.2) is 0 Å². The number of aryl methyl sites for hydroxylation is 2. The molecule has 110 valence electrons. The number of carbonyl (C=O) groups is 1. The number of allylic oxidation sites excluding steroid dienone is 1. The van der Waals surface area contributed by atoms with E-state index in [1.807, 2.05) is 0 Å². The molecule has 0 radical (unpaired) electrons. The number of aromatic nitrogens is 2. The SMILES string of the molecule is Cc1nn(C)cc1C(=O)C=Cc1ccccc1OC(F)F. The van der Waals surface area contributed by atoms with Crippen molar-refractivity contribution in [3.8, 4) is 5.75 Å². The van der Waals surface area contributed by atoms with E-state index in [4.69, 9.17) is 0 Å². The maximum absolute atomic E-state index is 12.3. The summed E-state index contributed by atoms with van der Waals surface area (Å²) < 4.78 is 30.5. The lowest BCUT2D eigenvalue weighted by atomic mass is 10.1. The van der Waals surface area contributed by atoms with Gasteiger partial charge < -0.3 is 4.74 Å². The van der Waals surface area contributed by atoms with E-state index in [0.29, 0.717) is 16.8 Å². The lowest BCUT2D eigenvalue weighted by Gasteiger charge is -2.07. The van der Waals surface area contributed by atoms with E-state index in [2.05, 4.69) is 9.84 Å². The second-order valence-corrected chi connectivity index (χ2v) is 4.42. The number of halogens is 2. The van der Waals surface area contributed by atoms with Gasteiger partial charge in [0.05, 0.1) is 11.3 Å². The van der Waals surface area contributed by atoms with Crippen molar-refractivity contribution in [1.82, 2.24) is 9.78 Å². The molecule has 0 saturated carbocycles. The van der Waals surface area contributed by atoms with E-state index in [-0.39, 0.29) is 11.5 Å². The van der Waals surface area contributed by atoms with Crippen LogP contribution in [0.15, 0.2) is 36.5 Å². The monoisotopic (exact) mass is 292 g/mol. The summed E-state index contributed by atoms with van der Waals surface area (Å²) in [5.74, 6) is -0.216. The number of hydrogen-bond acceptors (Lipinski definition) is 3. The van der Waals surface area contributed by atoms with Gasteiger partial charge in [0.15, 0.2) is 5.78 Å². The first-order valence-electron chi connectivity index (χ1n) is 6.24. The van der Waals surface area contributed by atoms with Crippen molar-refractivity contribution in [3.63, 3.8) is 0 Å². The predicted molar refractivity (Wildman–Crippen MR) is 74.4 cm³/mol. The molecule has 1 heterocycles. The molecule has 0 spiro atoms. The first kappa shape index (κ1) is 14.9. The maximum Gasteiger partial charge on any atom is 0.387 e. The number of alkyl halides is 2. The van der Waals surface area contributed by atoms with E-state index < -0.39 is 6.61 Å². The Morgan fingerprint density at radius 1 is 1.38 bits per heavy atom. The molecule has 0 fully saturated rings. The van der Waals surface area contributed by atoms with Gasteiger partial charge in [0, 0.05) is 18.8 Å². The average molecular weight is 292 g/mol. The zero-order valence-electron chi connectivity index (χ0n) is 11.6. The quantitative estimate of drug-likeness (QED) is 0.628. The Morgan fingerprint density at radius 3 is 2.71 bits per heavy atom. The van der Waals surface area contributed by atoms with Crippen LogP contribution in [0.5, 0.6) is 5.75 Å². The fourth-order valence-electron chi connectivity index (χ4n) is 1.92. The Morgan fingerprint density at radius 2 is 2.10 bits per heavy atom. The summed E-state index contributed by atoms with van der Waals surface area (Å²) in [6.07, 6.45) is 4.38. The molecule has 0 atom stereocenters. The van der Waals surface area contributed by atoms with E-state index in [0.717, 1.165) is 0 Å². The predicted octanol–water partition coefficient (Wildman–Crippen LogP) is 3.23. The number of hydrogen-bond donors (Lipinski definition) is 0. The normalized spacial score (nSPS) is 11.3. The van der Waals surface area contributed by atoms with Crippen LogP contribution in [0.25, 0.3) is 6.08 Å². The highest BCUT2D eigenvalue weighted by atomic mass is 19.3. The van der Waals surface area contributed by atoms with Crippen molar-refractivity contribution in [1.29, 1.82) is 0 Å². The van der Waals surface area contributed by atoms with Crippen LogP contribution < -0.4 is 4.74 Å². The molecule has 0 saturated heterocycles. The van der Waals surface area contributed by atoms with Crippen LogP contribution in [0.3, 0.4) is 0 Å². The smallest absolute Gasteiger partial charge is 0.387 e. The summed E-state index contributed by atoms with van der Waals surface area (Å²) in [6.45, 7) is -1.18. The lowest BCUT2D eigenvalue weighted by molar-refractivity contribution is -0.0499. The third-order valence-electron chi connectivity index (χ3n) is 2.83. The van der Waals surface area contributed by atoms with Crippen molar-refractivity contribution in [2.75, 3.05) is 0 Å². The minimum Gasteiger partial charge on any atom is -0.434 e. The summed E-state index contributed by atoms with van der Waals surface area (Å²) in [7, 11) is 1.72. The third-order valence-corrected chi connectivity index (χ3v) is 2.83. The van der Waals surface area contributed by atoms with Gasteiger partial charge in [0.1, 0.15) is 5.75 Å². The molecule has 6 heteroatoms. The highest BCUT2D eigenvalue weighted by Crippen LogP contribution is 2.22. The first-order valence-corrected chi connectivity index (χ1v) is 6.24. The van der Waals surface area contributed by atoms with Crippen molar-refractivity contribution in [2.24, 2.45) is 7.05 Å². The Labute approximate surface area is 120 Å². The van der Waals surface area contributed by atoms with Crippen LogP contribution in [-0.4, -0.2) is 22.2 Å². The minimum atomic E-state index is -2.91. The highest BCUT2D eigenvalue weighted by Gasteiger charge is 2.11. The number of nitrogens with zero attached hydrogens (tertiary/aromatic N) is 2.